The van der Waals surface area contributed by atoms with E-state index in [9.17, 15) is 8.42 Å². The number of hydrogen-bond donors (Lipinski definition) is 2. The van der Waals surface area contributed by atoms with Crippen molar-refractivity contribution in [1.82, 2.24) is 9.97 Å². The van der Waals surface area contributed by atoms with E-state index < -0.39 is 10.0 Å². The first kappa shape index (κ1) is 12.7. The summed E-state index contributed by atoms with van der Waals surface area (Å²) in [6.07, 6.45) is 0. The third-order valence-corrected chi connectivity index (χ3v) is 2.94. The monoisotopic (exact) mass is 246 g/mol. The normalized spacial score (nSPS) is 11.2. The highest BCUT2D eigenvalue weighted by Crippen LogP contribution is 2.12. The van der Waals surface area contributed by atoms with Gasteiger partial charge in [-0.3, -0.25) is 4.72 Å². The van der Waals surface area contributed by atoms with Crippen LogP contribution in [0, 0.1) is 6.92 Å². The third kappa shape index (κ3) is 3.63. The Kier molecular flexibility index (Phi) is 4.02. The van der Waals surface area contributed by atoms with Gasteiger partial charge in [-0.2, -0.15) is 4.98 Å². The summed E-state index contributed by atoms with van der Waals surface area (Å²) in [7, 11) is -2.04. The summed E-state index contributed by atoms with van der Waals surface area (Å²) in [5.41, 5.74) is 5.78. The SMILES string of the molecule is COc1cc(C)nc(NS(=O)(=O)CCN)n1. The fraction of sp³-hybridized carbons (Fsp3) is 0.500. The molecule has 0 saturated carbocycles. The summed E-state index contributed by atoms with van der Waals surface area (Å²) in [5.74, 6) is 0.121. The van der Waals surface area contributed by atoms with Crippen LogP contribution in [0.3, 0.4) is 0 Å². The lowest BCUT2D eigenvalue weighted by molar-refractivity contribution is 0.397. The van der Waals surface area contributed by atoms with E-state index in [4.69, 9.17) is 10.5 Å². The largest absolute Gasteiger partial charge is 0.481 e. The van der Waals surface area contributed by atoms with Gasteiger partial charge in [0.1, 0.15) is 0 Å². The van der Waals surface area contributed by atoms with E-state index in [0.29, 0.717) is 11.6 Å². The van der Waals surface area contributed by atoms with Gasteiger partial charge in [0.25, 0.3) is 0 Å². The Labute approximate surface area is 94.1 Å². The molecule has 7 nitrogen and oxygen atoms in total. The predicted octanol–water partition coefficient (Wildman–Crippen LogP) is -0.506. The number of hydrogen-bond acceptors (Lipinski definition) is 6. The second-order valence-electron chi connectivity index (χ2n) is 3.08. The van der Waals surface area contributed by atoms with Gasteiger partial charge in [-0.1, -0.05) is 0 Å². The molecule has 8 heteroatoms. The molecule has 0 amide bonds. The number of nitrogens with one attached hydrogen (secondary N) is 1. The quantitative estimate of drug-likeness (QED) is 0.724. The first-order valence-corrected chi connectivity index (χ1v) is 6.22. The maximum absolute atomic E-state index is 11.4. The minimum absolute atomic E-state index is 0.00898. The molecule has 1 heterocycles. The zero-order valence-corrected chi connectivity index (χ0v) is 9.91. The lowest BCUT2D eigenvalue weighted by Crippen LogP contribution is -2.23. The van der Waals surface area contributed by atoms with Crippen LogP contribution in [0.15, 0.2) is 6.07 Å². The van der Waals surface area contributed by atoms with Crippen molar-refractivity contribution < 1.29 is 13.2 Å². The molecule has 1 aromatic heterocycles. The van der Waals surface area contributed by atoms with Crippen LogP contribution in [0.2, 0.25) is 0 Å². The zero-order valence-electron chi connectivity index (χ0n) is 9.10. The van der Waals surface area contributed by atoms with Gasteiger partial charge in [0.15, 0.2) is 0 Å². The van der Waals surface area contributed by atoms with Crippen LogP contribution < -0.4 is 15.2 Å². The highest BCUT2D eigenvalue weighted by Gasteiger charge is 2.12. The van der Waals surface area contributed by atoms with Gasteiger partial charge in [-0.15, -0.1) is 0 Å². The van der Waals surface area contributed by atoms with Crippen LogP contribution in [-0.2, 0) is 10.0 Å². The molecule has 3 N–H and O–H groups in total. The number of ether oxygens (including phenoxy) is 1. The molecule has 0 aliphatic carbocycles. The summed E-state index contributed by atoms with van der Waals surface area (Å²) in [6.45, 7) is 1.75. The molecule has 0 spiro atoms. The molecule has 0 aromatic carbocycles. The van der Waals surface area contributed by atoms with Gasteiger partial charge < -0.3 is 10.5 Å². The van der Waals surface area contributed by atoms with Crippen molar-refractivity contribution in [2.45, 2.75) is 6.92 Å². The molecule has 0 fully saturated rings. The van der Waals surface area contributed by atoms with Gasteiger partial charge in [0.05, 0.1) is 12.9 Å². The molecule has 0 radical (unpaired) electrons. The topological polar surface area (TPSA) is 107 Å². The number of rotatable bonds is 5. The fourth-order valence-electron chi connectivity index (χ4n) is 1.04. The average Bonchev–Trinajstić information content (AvgIpc) is 2.15. The number of nitrogens with two attached hydrogens (primary N) is 1. The van der Waals surface area contributed by atoms with Crippen molar-refractivity contribution in [3.8, 4) is 5.88 Å². The predicted molar refractivity (Wildman–Crippen MR) is 59.8 cm³/mol. The summed E-state index contributed by atoms with van der Waals surface area (Å²) in [4.78, 5) is 7.78. The van der Waals surface area contributed by atoms with Gasteiger partial charge in [-0.25, -0.2) is 13.4 Å². The van der Waals surface area contributed by atoms with Crippen LogP contribution >= 0.6 is 0 Å². The number of anilines is 1. The molecule has 0 atom stereocenters. The second-order valence-corrected chi connectivity index (χ2v) is 4.93. The standard InChI is InChI=1S/C8H14N4O3S/c1-6-5-7(15-2)11-8(10-6)12-16(13,14)4-3-9/h5H,3-4,9H2,1-2H3,(H,10,11,12). The second kappa shape index (κ2) is 5.08. The summed E-state index contributed by atoms with van der Waals surface area (Å²) >= 11 is 0. The van der Waals surface area contributed by atoms with Gasteiger partial charge in [-0.05, 0) is 6.92 Å². The van der Waals surface area contributed by atoms with E-state index in [1.165, 1.54) is 7.11 Å². The molecule has 16 heavy (non-hydrogen) atoms. The molecule has 90 valence electrons. The van der Waals surface area contributed by atoms with E-state index >= 15 is 0 Å². The maximum atomic E-state index is 11.4. The zero-order chi connectivity index (χ0) is 12.2. The van der Waals surface area contributed by atoms with Crippen LogP contribution in [0.25, 0.3) is 0 Å². The van der Waals surface area contributed by atoms with Crippen molar-refractivity contribution in [3.05, 3.63) is 11.8 Å². The Morgan fingerprint density at radius 1 is 1.50 bits per heavy atom. The minimum atomic E-state index is -3.48. The van der Waals surface area contributed by atoms with E-state index in [-0.39, 0.29) is 18.2 Å². The van der Waals surface area contributed by atoms with Gasteiger partial charge >= 0.3 is 0 Å². The number of aryl methyl sites for hydroxylation is 1. The van der Waals surface area contributed by atoms with E-state index in [1.54, 1.807) is 13.0 Å². The minimum Gasteiger partial charge on any atom is -0.481 e. The molecule has 0 unspecified atom stereocenters. The lowest BCUT2D eigenvalue weighted by Gasteiger charge is -2.07. The van der Waals surface area contributed by atoms with Crippen molar-refractivity contribution >= 4 is 16.0 Å². The molecule has 0 aliphatic rings. The van der Waals surface area contributed by atoms with E-state index in [2.05, 4.69) is 14.7 Å². The third-order valence-electron chi connectivity index (χ3n) is 1.67. The average molecular weight is 246 g/mol. The van der Waals surface area contributed by atoms with Crippen LogP contribution in [-0.4, -0.2) is 37.8 Å². The maximum Gasteiger partial charge on any atom is 0.240 e. The van der Waals surface area contributed by atoms with Crippen LogP contribution in [0.5, 0.6) is 5.88 Å². The Morgan fingerprint density at radius 3 is 2.75 bits per heavy atom. The van der Waals surface area contributed by atoms with Crippen molar-refractivity contribution in [1.29, 1.82) is 0 Å². The Morgan fingerprint density at radius 2 is 2.19 bits per heavy atom. The van der Waals surface area contributed by atoms with Gasteiger partial charge in [0, 0.05) is 18.3 Å². The smallest absolute Gasteiger partial charge is 0.240 e. The molecular weight excluding hydrogens is 232 g/mol. The first-order chi connectivity index (χ1) is 7.46. The lowest BCUT2D eigenvalue weighted by atomic mass is 10.4. The molecule has 0 aliphatic heterocycles. The summed E-state index contributed by atoms with van der Waals surface area (Å²) in [5, 5.41) is 0. The fourth-order valence-corrected chi connectivity index (χ4v) is 1.82. The van der Waals surface area contributed by atoms with Gasteiger partial charge in [0.2, 0.25) is 21.9 Å². The Bertz CT molecular complexity index is 460. The highest BCUT2D eigenvalue weighted by atomic mass is 32.2. The molecular formula is C8H14N4O3S. The molecule has 1 rings (SSSR count). The van der Waals surface area contributed by atoms with Crippen molar-refractivity contribution in [2.24, 2.45) is 5.73 Å². The van der Waals surface area contributed by atoms with Crippen LogP contribution in [0.1, 0.15) is 5.69 Å². The number of sulfonamides is 1. The summed E-state index contributed by atoms with van der Waals surface area (Å²) < 4.78 is 29.9. The van der Waals surface area contributed by atoms with Crippen molar-refractivity contribution in [3.63, 3.8) is 0 Å². The molecule has 1 aromatic rings. The first-order valence-electron chi connectivity index (χ1n) is 4.57. The number of nitrogens with zero attached hydrogens (tertiary/aromatic N) is 2. The molecule has 0 saturated heterocycles. The van der Waals surface area contributed by atoms with Crippen LogP contribution in [0.4, 0.5) is 5.95 Å². The number of aromatic nitrogens is 2. The number of methoxy groups -OCH3 is 1. The Balaban J connectivity index is 2.93. The highest BCUT2D eigenvalue weighted by molar-refractivity contribution is 7.92. The van der Waals surface area contributed by atoms with E-state index in [0.717, 1.165) is 0 Å². The van der Waals surface area contributed by atoms with E-state index in [1.807, 2.05) is 0 Å². The Hall–Kier alpha value is -1.41. The molecule has 0 bridgehead atoms. The van der Waals surface area contributed by atoms with Crippen molar-refractivity contribution in [2.75, 3.05) is 24.1 Å². The summed E-state index contributed by atoms with van der Waals surface area (Å²) in [6, 6.07) is 1.60.